The molecule has 1 aliphatic rings. The second-order valence-electron chi connectivity index (χ2n) is 5.65. The normalized spacial score (nSPS) is 18.9. The standard InChI is InChI=1S/C14H26N2O5/c1-11(2)9-15(4-6-20-3)14(19)16-5-7-21-12(10-16)8-13(17)18/h11-12H,4-10H2,1-3H3,(H,17,18). The van der Waals surface area contributed by atoms with Crippen molar-refractivity contribution in [3.8, 4) is 0 Å². The molecule has 7 nitrogen and oxygen atoms in total. The van der Waals surface area contributed by atoms with Crippen LogP contribution < -0.4 is 0 Å². The van der Waals surface area contributed by atoms with Gasteiger partial charge in [-0.2, -0.15) is 0 Å². The summed E-state index contributed by atoms with van der Waals surface area (Å²) in [4.78, 5) is 26.8. The van der Waals surface area contributed by atoms with Gasteiger partial charge in [-0.3, -0.25) is 4.79 Å². The van der Waals surface area contributed by atoms with Crippen molar-refractivity contribution in [3.63, 3.8) is 0 Å². The Balaban J connectivity index is 2.61. The maximum absolute atomic E-state index is 12.6. The number of carbonyl (C=O) groups excluding carboxylic acids is 1. The summed E-state index contributed by atoms with van der Waals surface area (Å²) in [5.41, 5.74) is 0. The summed E-state index contributed by atoms with van der Waals surface area (Å²) < 4.78 is 10.4. The summed E-state index contributed by atoms with van der Waals surface area (Å²) in [5, 5.41) is 8.82. The second-order valence-corrected chi connectivity index (χ2v) is 5.65. The van der Waals surface area contributed by atoms with Crippen LogP contribution in [-0.2, 0) is 14.3 Å². The van der Waals surface area contributed by atoms with E-state index in [1.807, 2.05) is 0 Å². The van der Waals surface area contributed by atoms with Crippen LogP contribution in [0.5, 0.6) is 0 Å². The molecule has 21 heavy (non-hydrogen) atoms. The number of carboxylic acid groups (broad SMARTS) is 1. The average molecular weight is 302 g/mol. The third kappa shape index (κ3) is 6.31. The van der Waals surface area contributed by atoms with Crippen molar-refractivity contribution in [1.82, 2.24) is 9.80 Å². The summed E-state index contributed by atoms with van der Waals surface area (Å²) in [6.07, 6.45) is -0.505. The molecule has 0 saturated carbocycles. The molecule has 7 heteroatoms. The topological polar surface area (TPSA) is 79.3 Å². The van der Waals surface area contributed by atoms with Crippen molar-refractivity contribution in [2.24, 2.45) is 5.92 Å². The number of ether oxygens (including phenoxy) is 2. The van der Waals surface area contributed by atoms with Crippen molar-refractivity contribution in [2.45, 2.75) is 26.4 Å². The molecular formula is C14H26N2O5. The van der Waals surface area contributed by atoms with Gasteiger partial charge in [-0.25, -0.2) is 4.79 Å². The molecule has 1 heterocycles. The molecule has 0 aromatic heterocycles. The van der Waals surface area contributed by atoms with Gasteiger partial charge in [0, 0.05) is 33.3 Å². The zero-order valence-electron chi connectivity index (χ0n) is 13.1. The highest BCUT2D eigenvalue weighted by Crippen LogP contribution is 2.12. The Bertz CT molecular complexity index is 348. The molecule has 1 fully saturated rings. The lowest BCUT2D eigenvalue weighted by molar-refractivity contribution is -0.141. The number of methoxy groups -OCH3 is 1. The van der Waals surface area contributed by atoms with Gasteiger partial charge >= 0.3 is 12.0 Å². The van der Waals surface area contributed by atoms with Crippen LogP contribution >= 0.6 is 0 Å². The lowest BCUT2D eigenvalue weighted by atomic mass is 10.2. The Morgan fingerprint density at radius 3 is 2.76 bits per heavy atom. The summed E-state index contributed by atoms with van der Waals surface area (Å²) >= 11 is 0. The van der Waals surface area contributed by atoms with Gasteiger partial charge in [-0.1, -0.05) is 13.8 Å². The van der Waals surface area contributed by atoms with E-state index < -0.39 is 12.1 Å². The minimum absolute atomic E-state index is 0.0700. The van der Waals surface area contributed by atoms with Gasteiger partial charge in [0.05, 0.1) is 25.7 Å². The smallest absolute Gasteiger partial charge is 0.320 e. The highest BCUT2D eigenvalue weighted by atomic mass is 16.5. The van der Waals surface area contributed by atoms with Crippen LogP contribution in [0, 0.1) is 5.92 Å². The molecule has 0 aromatic carbocycles. The summed E-state index contributed by atoms with van der Waals surface area (Å²) in [5.74, 6) is -0.547. The third-order valence-corrected chi connectivity index (χ3v) is 3.23. The highest BCUT2D eigenvalue weighted by Gasteiger charge is 2.28. The number of amides is 2. The van der Waals surface area contributed by atoms with Crippen LogP contribution in [0.15, 0.2) is 0 Å². The van der Waals surface area contributed by atoms with E-state index in [-0.39, 0.29) is 12.5 Å². The molecule has 1 atom stereocenters. The lowest BCUT2D eigenvalue weighted by Gasteiger charge is -2.36. The Kier molecular flexibility index (Phi) is 7.45. The van der Waals surface area contributed by atoms with Gasteiger partial charge in [-0.05, 0) is 5.92 Å². The van der Waals surface area contributed by atoms with Crippen LogP contribution in [-0.4, -0.2) is 79.5 Å². The number of hydrogen-bond acceptors (Lipinski definition) is 4. The Labute approximate surface area is 125 Å². The monoisotopic (exact) mass is 302 g/mol. The molecule has 1 aliphatic heterocycles. The van der Waals surface area contributed by atoms with Crippen LogP contribution in [0.4, 0.5) is 4.79 Å². The molecule has 2 amide bonds. The lowest BCUT2D eigenvalue weighted by Crippen LogP contribution is -2.52. The first-order valence-electron chi connectivity index (χ1n) is 7.30. The van der Waals surface area contributed by atoms with Gasteiger partial charge in [0.2, 0.25) is 0 Å². The van der Waals surface area contributed by atoms with Gasteiger partial charge in [0.1, 0.15) is 0 Å². The summed E-state index contributed by atoms with van der Waals surface area (Å²) in [6.45, 7) is 6.99. The van der Waals surface area contributed by atoms with Crippen molar-refractivity contribution >= 4 is 12.0 Å². The van der Waals surface area contributed by atoms with Crippen LogP contribution in [0.3, 0.4) is 0 Å². The first-order valence-corrected chi connectivity index (χ1v) is 7.30. The quantitative estimate of drug-likeness (QED) is 0.755. The van der Waals surface area contributed by atoms with E-state index in [9.17, 15) is 9.59 Å². The number of carboxylic acids is 1. The molecule has 0 spiro atoms. The van der Waals surface area contributed by atoms with E-state index in [2.05, 4.69) is 13.8 Å². The predicted octanol–water partition coefficient (Wildman–Crippen LogP) is 0.886. The van der Waals surface area contributed by atoms with Gasteiger partial charge in [-0.15, -0.1) is 0 Å². The summed E-state index contributed by atoms with van der Waals surface area (Å²) in [7, 11) is 1.61. The van der Waals surface area contributed by atoms with E-state index in [0.717, 1.165) is 0 Å². The van der Waals surface area contributed by atoms with E-state index in [1.54, 1.807) is 16.9 Å². The maximum atomic E-state index is 12.6. The molecule has 0 bridgehead atoms. The zero-order valence-corrected chi connectivity index (χ0v) is 13.1. The zero-order chi connectivity index (χ0) is 15.8. The average Bonchev–Trinajstić information content (AvgIpc) is 2.42. The van der Waals surface area contributed by atoms with Crippen molar-refractivity contribution in [2.75, 3.05) is 46.5 Å². The second kappa shape index (κ2) is 8.84. The predicted molar refractivity (Wildman–Crippen MR) is 77.2 cm³/mol. The summed E-state index contributed by atoms with van der Waals surface area (Å²) in [6, 6.07) is -0.0700. The molecule has 0 radical (unpaired) electrons. The molecular weight excluding hydrogens is 276 g/mol. The molecule has 1 N–H and O–H groups in total. The first-order chi connectivity index (χ1) is 9.93. The van der Waals surface area contributed by atoms with Crippen LogP contribution in [0.25, 0.3) is 0 Å². The van der Waals surface area contributed by atoms with Crippen LogP contribution in [0.2, 0.25) is 0 Å². The van der Waals surface area contributed by atoms with Gasteiger partial charge in [0.15, 0.2) is 0 Å². The number of carbonyl (C=O) groups is 2. The molecule has 1 rings (SSSR count). The number of rotatable bonds is 7. The minimum Gasteiger partial charge on any atom is -0.481 e. The highest BCUT2D eigenvalue weighted by molar-refractivity contribution is 5.75. The van der Waals surface area contributed by atoms with Crippen molar-refractivity contribution in [1.29, 1.82) is 0 Å². The number of urea groups is 1. The third-order valence-electron chi connectivity index (χ3n) is 3.23. The molecule has 1 saturated heterocycles. The Morgan fingerprint density at radius 1 is 1.48 bits per heavy atom. The van der Waals surface area contributed by atoms with E-state index >= 15 is 0 Å². The molecule has 0 aromatic rings. The van der Waals surface area contributed by atoms with Crippen molar-refractivity contribution < 1.29 is 24.2 Å². The Hall–Kier alpha value is -1.34. The molecule has 0 aliphatic carbocycles. The van der Waals surface area contributed by atoms with E-state index in [0.29, 0.717) is 45.3 Å². The number of morpholine rings is 1. The fourth-order valence-corrected chi connectivity index (χ4v) is 2.32. The van der Waals surface area contributed by atoms with E-state index in [4.69, 9.17) is 14.6 Å². The fourth-order valence-electron chi connectivity index (χ4n) is 2.32. The van der Waals surface area contributed by atoms with Gasteiger partial charge < -0.3 is 24.4 Å². The SMILES string of the molecule is COCCN(CC(C)C)C(=O)N1CCOC(CC(=O)O)C1. The van der Waals surface area contributed by atoms with Crippen LogP contribution in [0.1, 0.15) is 20.3 Å². The molecule has 1 unspecified atom stereocenters. The van der Waals surface area contributed by atoms with E-state index in [1.165, 1.54) is 0 Å². The number of nitrogens with zero attached hydrogens (tertiary/aromatic N) is 2. The first kappa shape index (κ1) is 17.7. The molecule has 122 valence electrons. The van der Waals surface area contributed by atoms with Crippen molar-refractivity contribution in [3.05, 3.63) is 0 Å². The largest absolute Gasteiger partial charge is 0.481 e. The number of aliphatic carboxylic acids is 1. The number of hydrogen-bond donors (Lipinski definition) is 1. The maximum Gasteiger partial charge on any atom is 0.320 e. The minimum atomic E-state index is -0.910. The fraction of sp³-hybridized carbons (Fsp3) is 0.857. The Morgan fingerprint density at radius 2 is 2.19 bits per heavy atom. The van der Waals surface area contributed by atoms with Gasteiger partial charge in [0.25, 0.3) is 0 Å².